The molecule has 1 unspecified atom stereocenters. The highest BCUT2D eigenvalue weighted by Crippen LogP contribution is 2.39. The van der Waals surface area contributed by atoms with E-state index in [0.717, 1.165) is 11.4 Å². The predicted molar refractivity (Wildman–Crippen MR) is 68.3 cm³/mol. The van der Waals surface area contributed by atoms with Crippen LogP contribution in [-0.2, 0) is 9.53 Å². The van der Waals surface area contributed by atoms with Gasteiger partial charge in [-0.2, -0.15) is 0 Å². The molecule has 3 heterocycles. The Morgan fingerprint density at radius 2 is 1.79 bits per heavy atom. The van der Waals surface area contributed by atoms with Crippen LogP contribution in [-0.4, -0.2) is 5.78 Å². The molecule has 0 amide bonds. The molecule has 1 aromatic carbocycles. The zero-order valence-electron chi connectivity index (χ0n) is 9.84. The van der Waals surface area contributed by atoms with Gasteiger partial charge in [0.25, 0.3) is 0 Å². The Morgan fingerprint density at radius 3 is 2.53 bits per heavy atom. The van der Waals surface area contributed by atoms with Crippen molar-refractivity contribution in [2.24, 2.45) is 0 Å². The molecule has 0 radical (unpaired) electrons. The third kappa shape index (κ3) is 1.45. The molecule has 5 heteroatoms. The van der Waals surface area contributed by atoms with Crippen LogP contribution in [0.1, 0.15) is 11.9 Å². The first kappa shape index (κ1) is 10.3. The van der Waals surface area contributed by atoms with Gasteiger partial charge in [0.15, 0.2) is 5.76 Å². The van der Waals surface area contributed by atoms with Crippen LogP contribution in [0.4, 0.5) is 11.4 Å². The smallest absolute Gasteiger partial charge is 0.232 e. The number of carbonyl (C=O) groups is 1. The van der Waals surface area contributed by atoms with Gasteiger partial charge in [0.05, 0.1) is 17.6 Å². The van der Waals surface area contributed by atoms with E-state index in [1.807, 2.05) is 24.3 Å². The molecule has 19 heavy (non-hydrogen) atoms. The minimum Gasteiger partial charge on any atom is -0.465 e. The van der Waals surface area contributed by atoms with E-state index in [0.29, 0.717) is 17.3 Å². The summed E-state index contributed by atoms with van der Waals surface area (Å²) in [5.74, 6) is 0.823. The van der Waals surface area contributed by atoms with Crippen molar-refractivity contribution < 1.29 is 13.9 Å². The molecule has 2 aliphatic heterocycles. The van der Waals surface area contributed by atoms with Crippen LogP contribution in [0.2, 0.25) is 0 Å². The van der Waals surface area contributed by atoms with Crippen LogP contribution >= 0.6 is 0 Å². The molecule has 1 atom stereocenters. The van der Waals surface area contributed by atoms with Gasteiger partial charge in [-0.1, -0.05) is 12.1 Å². The van der Waals surface area contributed by atoms with E-state index < -0.39 is 6.10 Å². The lowest BCUT2D eigenvalue weighted by Crippen LogP contribution is -2.17. The number of ether oxygens (including phenoxy) is 1. The van der Waals surface area contributed by atoms with Crippen molar-refractivity contribution in [3.8, 4) is 0 Å². The Morgan fingerprint density at radius 1 is 1.00 bits per heavy atom. The summed E-state index contributed by atoms with van der Waals surface area (Å²) < 4.78 is 10.9. The van der Waals surface area contributed by atoms with Crippen LogP contribution in [0.3, 0.4) is 0 Å². The van der Waals surface area contributed by atoms with Crippen molar-refractivity contribution in [1.82, 2.24) is 0 Å². The highest BCUT2D eigenvalue weighted by molar-refractivity contribution is 6.06. The summed E-state index contributed by atoms with van der Waals surface area (Å²) in [6.45, 7) is 0. The number of para-hydroxylation sites is 2. The molecule has 1 aromatic heterocycles. The number of benzene rings is 1. The Hall–Kier alpha value is -2.69. The standard InChI is InChI=1S/C14H10N2O3/c17-12-11-14(19-13(12)10-6-3-7-18-10)16-9-5-2-1-4-8(9)15-11/h1-7,13,15-16H. The Labute approximate surface area is 108 Å². The molecule has 0 spiro atoms. The second kappa shape index (κ2) is 3.65. The van der Waals surface area contributed by atoms with Gasteiger partial charge in [0, 0.05) is 0 Å². The fourth-order valence-corrected chi connectivity index (χ4v) is 2.27. The van der Waals surface area contributed by atoms with Gasteiger partial charge in [-0.15, -0.1) is 0 Å². The van der Waals surface area contributed by atoms with Gasteiger partial charge in [-0.25, -0.2) is 0 Å². The van der Waals surface area contributed by atoms with Gasteiger partial charge in [0.1, 0.15) is 5.70 Å². The summed E-state index contributed by atoms with van der Waals surface area (Å²) in [4.78, 5) is 12.3. The van der Waals surface area contributed by atoms with E-state index in [1.165, 1.54) is 6.26 Å². The van der Waals surface area contributed by atoms with E-state index in [9.17, 15) is 4.79 Å². The molecular weight excluding hydrogens is 244 g/mol. The lowest BCUT2D eigenvalue weighted by molar-refractivity contribution is -0.122. The van der Waals surface area contributed by atoms with Crippen molar-refractivity contribution >= 4 is 17.2 Å². The maximum Gasteiger partial charge on any atom is 0.232 e. The molecule has 0 aliphatic carbocycles. The first-order valence-corrected chi connectivity index (χ1v) is 5.94. The number of carbonyl (C=O) groups excluding carboxylic acids is 1. The topological polar surface area (TPSA) is 63.5 Å². The van der Waals surface area contributed by atoms with Crippen molar-refractivity contribution in [1.29, 1.82) is 0 Å². The zero-order chi connectivity index (χ0) is 12.8. The summed E-state index contributed by atoms with van der Waals surface area (Å²) >= 11 is 0. The van der Waals surface area contributed by atoms with Crippen LogP contribution in [0, 0.1) is 0 Å². The van der Waals surface area contributed by atoms with Gasteiger partial charge in [0.2, 0.25) is 17.8 Å². The summed E-state index contributed by atoms with van der Waals surface area (Å²) in [5.41, 5.74) is 2.19. The Bertz CT molecular complexity index is 688. The molecule has 0 bridgehead atoms. The highest BCUT2D eigenvalue weighted by Gasteiger charge is 2.40. The maximum absolute atomic E-state index is 12.3. The number of hydrogen-bond acceptors (Lipinski definition) is 5. The minimum absolute atomic E-state index is 0.132. The largest absolute Gasteiger partial charge is 0.465 e. The van der Waals surface area contributed by atoms with Crippen molar-refractivity contribution in [3.63, 3.8) is 0 Å². The van der Waals surface area contributed by atoms with Crippen LogP contribution < -0.4 is 10.6 Å². The number of furan rings is 1. The second-order valence-electron chi connectivity index (χ2n) is 4.38. The van der Waals surface area contributed by atoms with Gasteiger partial charge >= 0.3 is 0 Å². The predicted octanol–water partition coefficient (Wildman–Crippen LogP) is 2.63. The quantitative estimate of drug-likeness (QED) is 0.819. The monoisotopic (exact) mass is 254 g/mol. The van der Waals surface area contributed by atoms with Crippen molar-refractivity contribution in [3.05, 3.63) is 60.0 Å². The normalized spacial score (nSPS) is 20.2. The minimum atomic E-state index is -0.714. The lowest BCUT2D eigenvalue weighted by atomic mass is 10.1. The Balaban J connectivity index is 1.69. The third-order valence-electron chi connectivity index (χ3n) is 3.18. The number of fused-ring (bicyclic) bond motifs is 1. The molecule has 4 rings (SSSR count). The molecule has 2 N–H and O–H groups in total. The zero-order valence-corrected chi connectivity index (χ0v) is 9.84. The second-order valence-corrected chi connectivity index (χ2v) is 4.38. The third-order valence-corrected chi connectivity index (χ3v) is 3.18. The van der Waals surface area contributed by atoms with Crippen LogP contribution in [0.25, 0.3) is 0 Å². The fourth-order valence-electron chi connectivity index (χ4n) is 2.27. The molecule has 5 nitrogen and oxygen atoms in total. The molecule has 0 fully saturated rings. The number of anilines is 2. The molecular formula is C14H10N2O3. The first-order chi connectivity index (χ1) is 9.33. The number of nitrogens with one attached hydrogen (secondary N) is 2. The molecule has 0 saturated heterocycles. The first-order valence-electron chi connectivity index (χ1n) is 5.94. The Kier molecular flexibility index (Phi) is 1.97. The van der Waals surface area contributed by atoms with E-state index >= 15 is 0 Å². The van der Waals surface area contributed by atoms with Gasteiger partial charge in [-0.3, -0.25) is 4.79 Å². The number of rotatable bonds is 1. The summed E-state index contributed by atoms with van der Waals surface area (Å²) in [5, 5.41) is 6.22. The summed E-state index contributed by atoms with van der Waals surface area (Å²) in [6, 6.07) is 11.1. The fraction of sp³-hybridized carbons (Fsp3) is 0.0714. The van der Waals surface area contributed by atoms with Gasteiger partial charge in [-0.05, 0) is 24.3 Å². The van der Waals surface area contributed by atoms with Crippen molar-refractivity contribution in [2.75, 3.05) is 10.6 Å². The van der Waals surface area contributed by atoms with Crippen LogP contribution in [0.15, 0.2) is 58.7 Å². The molecule has 0 saturated carbocycles. The van der Waals surface area contributed by atoms with Crippen molar-refractivity contribution in [2.45, 2.75) is 6.10 Å². The highest BCUT2D eigenvalue weighted by atomic mass is 16.5. The molecule has 2 aromatic rings. The van der Waals surface area contributed by atoms with Crippen LogP contribution in [0.5, 0.6) is 0 Å². The average Bonchev–Trinajstić information content (AvgIpc) is 3.05. The van der Waals surface area contributed by atoms with E-state index in [-0.39, 0.29) is 5.78 Å². The number of Topliss-reactive ketones (excluding diaryl/α,β-unsaturated/α-hetero) is 1. The van der Waals surface area contributed by atoms with E-state index in [4.69, 9.17) is 9.15 Å². The molecule has 2 aliphatic rings. The molecule has 94 valence electrons. The summed E-state index contributed by atoms with van der Waals surface area (Å²) in [7, 11) is 0. The van der Waals surface area contributed by atoms with E-state index in [1.54, 1.807) is 12.1 Å². The number of hydrogen-bond donors (Lipinski definition) is 2. The van der Waals surface area contributed by atoms with Gasteiger partial charge < -0.3 is 19.8 Å². The SMILES string of the molecule is O=C1C2=C(Nc3ccccc3N2)OC1c1ccco1. The lowest BCUT2D eigenvalue weighted by Gasteiger charge is -2.19. The average molecular weight is 254 g/mol. The number of ketones is 1. The van der Waals surface area contributed by atoms with E-state index in [2.05, 4.69) is 10.6 Å². The maximum atomic E-state index is 12.3. The summed E-state index contributed by atoms with van der Waals surface area (Å²) in [6.07, 6.45) is 0.813.